The van der Waals surface area contributed by atoms with Crippen LogP contribution in [0.2, 0.25) is 0 Å². The predicted octanol–water partition coefficient (Wildman–Crippen LogP) is 4.27. The van der Waals surface area contributed by atoms with E-state index in [1.54, 1.807) is 0 Å². The molecule has 150 valence electrons. The molecule has 2 aromatic carbocycles. The number of benzene rings is 2. The summed E-state index contributed by atoms with van der Waals surface area (Å²) in [4.78, 5) is 19.4. The second-order valence-corrected chi connectivity index (χ2v) is 7.74. The Labute approximate surface area is 168 Å². The van der Waals surface area contributed by atoms with E-state index >= 15 is 0 Å². The van der Waals surface area contributed by atoms with Crippen LogP contribution in [0.4, 0.5) is 16.2 Å². The van der Waals surface area contributed by atoms with Gasteiger partial charge in [0.25, 0.3) is 0 Å². The number of nitrogens with one attached hydrogen (secondary N) is 1. The molecule has 0 spiro atoms. The summed E-state index contributed by atoms with van der Waals surface area (Å²) >= 11 is 0. The van der Waals surface area contributed by atoms with E-state index in [2.05, 4.69) is 39.4 Å². The van der Waals surface area contributed by atoms with Crippen LogP contribution in [0.5, 0.6) is 0 Å². The van der Waals surface area contributed by atoms with Gasteiger partial charge in [-0.05, 0) is 57.1 Å². The highest BCUT2D eigenvalue weighted by Gasteiger charge is 2.16. The summed E-state index contributed by atoms with van der Waals surface area (Å²) < 4.78 is 0. The topological polar surface area (TPSA) is 38.8 Å². The summed E-state index contributed by atoms with van der Waals surface area (Å²) in [6.07, 6.45) is 3.80. The zero-order valence-corrected chi connectivity index (χ0v) is 17.1. The van der Waals surface area contributed by atoms with Crippen molar-refractivity contribution in [3.63, 3.8) is 0 Å². The summed E-state index contributed by atoms with van der Waals surface area (Å²) in [6.45, 7) is 4.31. The van der Waals surface area contributed by atoms with E-state index in [-0.39, 0.29) is 6.03 Å². The fourth-order valence-corrected chi connectivity index (χ4v) is 3.51. The number of hydrogen-bond acceptors (Lipinski definition) is 3. The number of nitrogens with zero attached hydrogens (tertiary/aromatic N) is 3. The smallest absolute Gasteiger partial charge is 0.322 e. The van der Waals surface area contributed by atoms with Crippen LogP contribution in [-0.4, -0.2) is 56.1 Å². The Balaban J connectivity index is 1.68. The molecule has 5 heteroatoms. The third-order valence-electron chi connectivity index (χ3n) is 5.14. The Bertz CT molecular complexity index is 741. The number of anilines is 2. The summed E-state index contributed by atoms with van der Waals surface area (Å²) in [6, 6.07) is 18.3. The molecule has 28 heavy (non-hydrogen) atoms. The second kappa shape index (κ2) is 10.1. The van der Waals surface area contributed by atoms with Gasteiger partial charge in [-0.25, -0.2) is 4.79 Å². The maximum atomic E-state index is 13.0. The molecule has 0 atom stereocenters. The third-order valence-corrected chi connectivity index (χ3v) is 5.14. The quantitative estimate of drug-likeness (QED) is 0.779. The van der Waals surface area contributed by atoms with Crippen molar-refractivity contribution in [2.24, 2.45) is 0 Å². The number of urea groups is 1. The first-order chi connectivity index (χ1) is 13.6. The van der Waals surface area contributed by atoms with Gasteiger partial charge in [0.2, 0.25) is 0 Å². The number of carbonyl (C=O) groups excluding carboxylic acids is 1. The minimum atomic E-state index is -0.0542. The van der Waals surface area contributed by atoms with Crippen LogP contribution in [0.25, 0.3) is 0 Å². The van der Waals surface area contributed by atoms with Crippen molar-refractivity contribution >= 4 is 17.4 Å². The minimum Gasteiger partial charge on any atom is -0.371 e. The first-order valence-corrected chi connectivity index (χ1v) is 10.2. The molecule has 2 amide bonds. The van der Waals surface area contributed by atoms with E-state index in [4.69, 9.17) is 0 Å². The van der Waals surface area contributed by atoms with Crippen LogP contribution in [-0.2, 0) is 6.54 Å². The fraction of sp³-hybridized carbons (Fsp3) is 0.435. The highest BCUT2D eigenvalue weighted by Crippen LogP contribution is 2.23. The van der Waals surface area contributed by atoms with Crippen molar-refractivity contribution in [2.75, 3.05) is 50.5 Å². The van der Waals surface area contributed by atoms with Gasteiger partial charge in [-0.15, -0.1) is 0 Å². The Morgan fingerprint density at radius 1 is 0.964 bits per heavy atom. The van der Waals surface area contributed by atoms with Crippen LogP contribution in [0.3, 0.4) is 0 Å². The van der Waals surface area contributed by atoms with E-state index in [9.17, 15) is 4.79 Å². The Morgan fingerprint density at radius 3 is 2.43 bits per heavy atom. The summed E-state index contributed by atoms with van der Waals surface area (Å²) in [5.41, 5.74) is 3.19. The highest BCUT2D eigenvalue weighted by molar-refractivity contribution is 5.90. The zero-order chi connectivity index (χ0) is 19.8. The SMILES string of the molecule is CN(C)CCN(Cc1ccccc1)C(=O)Nc1cccc(N2CCCCC2)c1. The molecular formula is C23H32N4O. The van der Waals surface area contributed by atoms with Crippen molar-refractivity contribution in [2.45, 2.75) is 25.8 Å². The van der Waals surface area contributed by atoms with Gasteiger partial charge < -0.3 is 20.0 Å². The van der Waals surface area contributed by atoms with Crippen LogP contribution >= 0.6 is 0 Å². The summed E-state index contributed by atoms with van der Waals surface area (Å²) in [5, 5.41) is 3.11. The average Bonchev–Trinajstić information content (AvgIpc) is 2.72. The first kappa shape index (κ1) is 20.2. The van der Waals surface area contributed by atoms with Crippen molar-refractivity contribution < 1.29 is 4.79 Å². The van der Waals surface area contributed by atoms with Gasteiger partial charge in [0.15, 0.2) is 0 Å². The number of rotatable bonds is 7. The molecule has 0 saturated carbocycles. The maximum Gasteiger partial charge on any atom is 0.322 e. The molecule has 1 heterocycles. The Morgan fingerprint density at radius 2 is 1.71 bits per heavy atom. The molecule has 3 rings (SSSR count). The normalized spacial score (nSPS) is 14.2. The van der Waals surface area contributed by atoms with Crippen LogP contribution < -0.4 is 10.2 Å². The lowest BCUT2D eigenvalue weighted by atomic mass is 10.1. The van der Waals surface area contributed by atoms with Crippen LogP contribution in [0, 0.1) is 0 Å². The molecule has 0 unspecified atom stereocenters. The molecule has 1 N–H and O–H groups in total. The third kappa shape index (κ3) is 5.99. The van der Waals surface area contributed by atoms with Gasteiger partial charge >= 0.3 is 6.03 Å². The molecule has 2 aromatic rings. The molecular weight excluding hydrogens is 348 g/mol. The van der Waals surface area contributed by atoms with Crippen LogP contribution in [0.1, 0.15) is 24.8 Å². The lowest BCUT2D eigenvalue weighted by molar-refractivity contribution is 0.202. The number of piperidine rings is 1. The Hall–Kier alpha value is -2.53. The summed E-state index contributed by atoms with van der Waals surface area (Å²) in [5.74, 6) is 0. The minimum absolute atomic E-state index is 0.0542. The largest absolute Gasteiger partial charge is 0.371 e. The molecule has 5 nitrogen and oxygen atoms in total. The first-order valence-electron chi connectivity index (χ1n) is 10.2. The average molecular weight is 381 g/mol. The lowest BCUT2D eigenvalue weighted by Gasteiger charge is -2.29. The molecule has 0 aromatic heterocycles. The van der Waals surface area contributed by atoms with Gasteiger partial charge in [0, 0.05) is 44.1 Å². The zero-order valence-electron chi connectivity index (χ0n) is 17.1. The second-order valence-electron chi connectivity index (χ2n) is 7.74. The molecule has 0 bridgehead atoms. The number of hydrogen-bond donors (Lipinski definition) is 1. The Kier molecular flexibility index (Phi) is 7.31. The summed E-state index contributed by atoms with van der Waals surface area (Å²) in [7, 11) is 4.06. The van der Waals surface area contributed by atoms with E-state index in [0.29, 0.717) is 13.1 Å². The van der Waals surface area contributed by atoms with E-state index < -0.39 is 0 Å². The van der Waals surface area contributed by atoms with E-state index in [0.717, 1.165) is 30.9 Å². The van der Waals surface area contributed by atoms with Crippen molar-refractivity contribution in [3.05, 3.63) is 60.2 Å². The van der Waals surface area contributed by atoms with Gasteiger partial charge in [0.1, 0.15) is 0 Å². The lowest BCUT2D eigenvalue weighted by Crippen LogP contribution is -2.39. The van der Waals surface area contributed by atoms with Crippen LogP contribution in [0.15, 0.2) is 54.6 Å². The number of carbonyl (C=O) groups is 1. The number of likely N-dealkylation sites (N-methyl/N-ethyl adjacent to an activating group) is 1. The van der Waals surface area contributed by atoms with E-state index in [1.165, 1.54) is 24.9 Å². The number of amides is 2. The van der Waals surface area contributed by atoms with Gasteiger partial charge in [0.05, 0.1) is 0 Å². The van der Waals surface area contributed by atoms with Gasteiger partial charge in [-0.3, -0.25) is 0 Å². The standard InChI is InChI=1S/C23H32N4O/c1-25(2)16-17-27(19-20-10-5-3-6-11-20)23(28)24-21-12-9-13-22(18-21)26-14-7-4-8-15-26/h3,5-6,9-13,18H,4,7-8,14-17,19H2,1-2H3,(H,24,28). The molecule has 0 radical (unpaired) electrons. The van der Waals surface area contributed by atoms with E-state index in [1.807, 2.05) is 49.3 Å². The van der Waals surface area contributed by atoms with Gasteiger partial charge in [-0.2, -0.15) is 0 Å². The van der Waals surface area contributed by atoms with Crippen molar-refractivity contribution in [1.29, 1.82) is 0 Å². The molecule has 0 aliphatic carbocycles. The highest BCUT2D eigenvalue weighted by atomic mass is 16.2. The molecule has 1 fully saturated rings. The molecule has 1 saturated heterocycles. The van der Waals surface area contributed by atoms with Crippen molar-refractivity contribution in [3.8, 4) is 0 Å². The maximum absolute atomic E-state index is 13.0. The predicted molar refractivity (Wildman–Crippen MR) is 117 cm³/mol. The molecule has 1 aliphatic rings. The molecule has 1 aliphatic heterocycles. The fourth-order valence-electron chi connectivity index (χ4n) is 3.51. The van der Waals surface area contributed by atoms with Crippen molar-refractivity contribution in [1.82, 2.24) is 9.80 Å². The monoisotopic (exact) mass is 380 g/mol. The van der Waals surface area contributed by atoms with Gasteiger partial charge in [-0.1, -0.05) is 36.4 Å².